The molecular formula is C24H22Cl3N3O2. The van der Waals surface area contributed by atoms with Gasteiger partial charge in [0.15, 0.2) is 0 Å². The monoisotopic (exact) mass is 489 g/mol. The maximum absolute atomic E-state index is 13.0. The lowest BCUT2D eigenvalue weighted by atomic mass is 10.0. The van der Waals surface area contributed by atoms with Gasteiger partial charge in [0.2, 0.25) is 0 Å². The number of nitrogens with one attached hydrogen (secondary N) is 1. The van der Waals surface area contributed by atoms with Crippen molar-refractivity contribution in [1.82, 2.24) is 4.90 Å². The van der Waals surface area contributed by atoms with Gasteiger partial charge in [-0.1, -0.05) is 59.1 Å². The first kappa shape index (κ1) is 22.7. The Morgan fingerprint density at radius 2 is 1.62 bits per heavy atom. The van der Waals surface area contributed by atoms with Crippen LogP contribution in [0.1, 0.15) is 17.2 Å². The van der Waals surface area contributed by atoms with Crippen molar-refractivity contribution < 1.29 is 9.90 Å². The van der Waals surface area contributed by atoms with Gasteiger partial charge < -0.3 is 20.2 Å². The summed E-state index contributed by atoms with van der Waals surface area (Å²) >= 11 is 18.7. The maximum Gasteiger partial charge on any atom is 0.321 e. The minimum atomic E-state index is -0.178. The number of hydrogen-bond acceptors (Lipinski definition) is 3. The number of carbonyl (C=O) groups excluding carboxylic acids is 1. The first-order chi connectivity index (χ1) is 15.4. The number of piperazine rings is 1. The molecule has 3 aromatic carbocycles. The molecule has 3 aromatic rings. The highest BCUT2D eigenvalue weighted by atomic mass is 35.5. The van der Waals surface area contributed by atoms with Gasteiger partial charge in [0.1, 0.15) is 0 Å². The topological polar surface area (TPSA) is 55.8 Å². The third-order valence-corrected chi connectivity index (χ3v) is 6.32. The summed E-state index contributed by atoms with van der Waals surface area (Å²) in [6.07, 6.45) is 0. The number of urea groups is 1. The number of rotatable bonds is 4. The third-order valence-electron chi connectivity index (χ3n) is 5.53. The summed E-state index contributed by atoms with van der Waals surface area (Å²) in [4.78, 5) is 17.0. The Bertz CT molecular complexity index is 1090. The van der Waals surface area contributed by atoms with E-state index in [0.29, 0.717) is 40.4 Å². The highest BCUT2D eigenvalue weighted by Crippen LogP contribution is 2.37. The molecule has 5 nitrogen and oxygen atoms in total. The number of hydrogen-bond donors (Lipinski definition) is 2. The molecule has 2 N–H and O–H groups in total. The first-order valence-electron chi connectivity index (χ1n) is 10.2. The van der Waals surface area contributed by atoms with E-state index in [1.165, 1.54) is 0 Å². The molecule has 1 unspecified atom stereocenters. The lowest BCUT2D eigenvalue weighted by Crippen LogP contribution is -2.51. The van der Waals surface area contributed by atoms with Crippen LogP contribution in [0.15, 0.2) is 66.7 Å². The minimum Gasteiger partial charge on any atom is -0.392 e. The number of benzene rings is 3. The normalized spacial score (nSPS) is 16.2. The van der Waals surface area contributed by atoms with E-state index in [-0.39, 0.29) is 18.7 Å². The SMILES string of the molecule is O=C(Nc1ccc(CO)cc1)N1CCN(c2ccc(Cl)cc2Cl)C(c2ccc(Cl)cc2)C1. The van der Waals surface area contributed by atoms with Crippen LogP contribution in [0.2, 0.25) is 15.1 Å². The number of nitrogens with zero attached hydrogens (tertiary/aromatic N) is 2. The molecule has 1 saturated heterocycles. The average Bonchev–Trinajstić information content (AvgIpc) is 2.80. The molecule has 4 rings (SSSR count). The van der Waals surface area contributed by atoms with Crippen molar-refractivity contribution in [3.8, 4) is 0 Å². The smallest absolute Gasteiger partial charge is 0.321 e. The van der Waals surface area contributed by atoms with Crippen molar-refractivity contribution in [2.24, 2.45) is 0 Å². The number of halogens is 3. The zero-order valence-corrected chi connectivity index (χ0v) is 19.4. The van der Waals surface area contributed by atoms with E-state index in [9.17, 15) is 9.90 Å². The molecular weight excluding hydrogens is 469 g/mol. The van der Waals surface area contributed by atoms with Crippen LogP contribution >= 0.6 is 34.8 Å². The van der Waals surface area contributed by atoms with E-state index in [1.54, 1.807) is 35.2 Å². The van der Waals surface area contributed by atoms with Gasteiger partial charge >= 0.3 is 6.03 Å². The number of aliphatic hydroxyl groups excluding tert-OH is 1. The largest absolute Gasteiger partial charge is 0.392 e. The molecule has 1 fully saturated rings. The van der Waals surface area contributed by atoms with E-state index in [0.717, 1.165) is 16.8 Å². The fraction of sp³-hybridized carbons (Fsp3) is 0.208. The summed E-state index contributed by atoms with van der Waals surface area (Å²) in [6, 6.07) is 19.9. The molecule has 0 radical (unpaired) electrons. The zero-order chi connectivity index (χ0) is 22.7. The van der Waals surface area contributed by atoms with Gasteiger partial charge in [-0.05, 0) is 53.6 Å². The van der Waals surface area contributed by atoms with Gasteiger partial charge in [-0.3, -0.25) is 0 Å². The Labute approximate surface area is 202 Å². The van der Waals surface area contributed by atoms with Gasteiger partial charge in [0, 0.05) is 35.4 Å². The zero-order valence-electron chi connectivity index (χ0n) is 17.1. The molecule has 1 heterocycles. The van der Waals surface area contributed by atoms with E-state index in [4.69, 9.17) is 34.8 Å². The molecule has 0 aromatic heterocycles. The van der Waals surface area contributed by atoms with E-state index in [1.807, 2.05) is 36.4 Å². The lowest BCUT2D eigenvalue weighted by molar-refractivity contribution is 0.198. The molecule has 166 valence electrons. The predicted molar refractivity (Wildman–Crippen MR) is 131 cm³/mol. The summed E-state index contributed by atoms with van der Waals surface area (Å²) in [7, 11) is 0. The molecule has 2 amide bonds. The van der Waals surface area contributed by atoms with Crippen LogP contribution in [-0.4, -0.2) is 35.7 Å². The van der Waals surface area contributed by atoms with Crippen LogP contribution in [0.3, 0.4) is 0 Å². The standard InChI is InChI=1S/C24H22Cl3N3O2/c25-18-5-3-17(4-6-18)23-14-29(24(32)28-20-8-1-16(15-31)2-9-20)11-12-30(23)22-10-7-19(26)13-21(22)27/h1-10,13,23,31H,11-12,14-15H2,(H,28,32). The molecule has 0 bridgehead atoms. The van der Waals surface area contributed by atoms with Crippen LogP contribution in [0.5, 0.6) is 0 Å². The average molecular weight is 491 g/mol. The lowest BCUT2D eigenvalue weighted by Gasteiger charge is -2.43. The minimum absolute atomic E-state index is 0.0355. The van der Waals surface area contributed by atoms with Gasteiger partial charge in [0.05, 0.1) is 23.4 Å². The Morgan fingerprint density at radius 1 is 0.938 bits per heavy atom. The Morgan fingerprint density at radius 3 is 2.28 bits per heavy atom. The fourth-order valence-electron chi connectivity index (χ4n) is 3.84. The Balaban J connectivity index is 1.57. The van der Waals surface area contributed by atoms with Crippen molar-refractivity contribution in [1.29, 1.82) is 0 Å². The third kappa shape index (κ3) is 5.13. The van der Waals surface area contributed by atoms with E-state index in [2.05, 4.69) is 10.2 Å². The molecule has 0 aliphatic carbocycles. The van der Waals surface area contributed by atoms with Crippen LogP contribution in [-0.2, 0) is 6.61 Å². The van der Waals surface area contributed by atoms with Crippen molar-refractivity contribution >= 4 is 52.2 Å². The van der Waals surface area contributed by atoms with Crippen LogP contribution < -0.4 is 10.2 Å². The molecule has 1 aliphatic rings. The summed E-state index contributed by atoms with van der Waals surface area (Å²) < 4.78 is 0. The second-order valence-electron chi connectivity index (χ2n) is 7.59. The highest BCUT2D eigenvalue weighted by Gasteiger charge is 2.32. The Hall–Kier alpha value is -2.44. The van der Waals surface area contributed by atoms with E-state index < -0.39 is 0 Å². The Kier molecular flexibility index (Phi) is 7.11. The highest BCUT2D eigenvalue weighted by molar-refractivity contribution is 6.36. The van der Waals surface area contributed by atoms with Crippen LogP contribution in [0.4, 0.5) is 16.2 Å². The summed E-state index contributed by atoms with van der Waals surface area (Å²) in [5.41, 5.74) is 3.37. The van der Waals surface area contributed by atoms with Gasteiger partial charge in [-0.15, -0.1) is 0 Å². The summed E-state index contributed by atoms with van der Waals surface area (Å²) in [5, 5.41) is 13.9. The van der Waals surface area contributed by atoms with Crippen LogP contribution in [0.25, 0.3) is 0 Å². The van der Waals surface area contributed by atoms with Gasteiger partial charge in [0.25, 0.3) is 0 Å². The first-order valence-corrected chi connectivity index (χ1v) is 11.3. The number of aliphatic hydroxyl groups is 1. The molecule has 1 atom stereocenters. The second kappa shape index (κ2) is 10.0. The molecule has 8 heteroatoms. The van der Waals surface area contributed by atoms with Crippen molar-refractivity contribution in [2.45, 2.75) is 12.6 Å². The van der Waals surface area contributed by atoms with Crippen molar-refractivity contribution in [3.63, 3.8) is 0 Å². The van der Waals surface area contributed by atoms with Crippen molar-refractivity contribution in [3.05, 3.63) is 92.9 Å². The fourth-order valence-corrected chi connectivity index (χ4v) is 4.48. The molecule has 1 aliphatic heterocycles. The maximum atomic E-state index is 13.0. The van der Waals surface area contributed by atoms with Gasteiger partial charge in [-0.25, -0.2) is 4.79 Å². The second-order valence-corrected chi connectivity index (χ2v) is 8.87. The number of carbonyl (C=O) groups is 1. The van der Waals surface area contributed by atoms with E-state index >= 15 is 0 Å². The molecule has 0 saturated carbocycles. The van der Waals surface area contributed by atoms with Crippen LogP contribution in [0, 0.1) is 0 Å². The summed E-state index contributed by atoms with van der Waals surface area (Å²) in [5.74, 6) is 0. The number of amides is 2. The summed E-state index contributed by atoms with van der Waals surface area (Å²) in [6.45, 7) is 1.57. The predicted octanol–water partition coefficient (Wildman–Crippen LogP) is 6.23. The number of anilines is 2. The quantitative estimate of drug-likeness (QED) is 0.455. The molecule has 32 heavy (non-hydrogen) atoms. The molecule has 0 spiro atoms. The van der Waals surface area contributed by atoms with Crippen molar-refractivity contribution in [2.75, 3.05) is 29.9 Å². The van der Waals surface area contributed by atoms with Gasteiger partial charge in [-0.2, -0.15) is 0 Å².